The molecule has 1 atom stereocenters. The minimum atomic E-state index is -0.594. The Morgan fingerprint density at radius 2 is 2.10 bits per heavy atom. The minimum absolute atomic E-state index is 0.480. The average Bonchev–Trinajstić information content (AvgIpc) is 2.48. The largest absolute Gasteiger partial charge is 0.455 e. The van der Waals surface area contributed by atoms with Crippen LogP contribution in [0.5, 0.6) is 5.75 Å². The Bertz CT molecular complexity index is 468. The van der Waals surface area contributed by atoms with Crippen molar-refractivity contribution in [2.24, 2.45) is 0 Å². The van der Waals surface area contributed by atoms with Gasteiger partial charge in [-0.25, -0.2) is 4.79 Å². The second-order valence-corrected chi connectivity index (χ2v) is 4.35. The van der Waals surface area contributed by atoms with Gasteiger partial charge in [-0.2, -0.15) is 0 Å². The molecule has 1 unspecified atom stereocenters. The van der Waals surface area contributed by atoms with Gasteiger partial charge >= 0.3 is 5.97 Å². The molecule has 0 amide bonds. The van der Waals surface area contributed by atoms with Gasteiger partial charge in [0.2, 0.25) is 6.29 Å². The summed E-state index contributed by atoms with van der Waals surface area (Å²) >= 11 is 0. The van der Waals surface area contributed by atoms with E-state index < -0.39 is 12.3 Å². The van der Waals surface area contributed by atoms with Crippen LogP contribution in [0, 0.1) is 12.3 Å². The molecule has 0 saturated heterocycles. The number of hydrogen-bond donors (Lipinski definition) is 0. The number of unbranched alkanes of at least 4 members (excludes halogenated alkanes) is 2. The first-order valence-corrected chi connectivity index (χ1v) is 6.76. The summed E-state index contributed by atoms with van der Waals surface area (Å²) in [4.78, 5) is 11.3. The van der Waals surface area contributed by atoms with Gasteiger partial charge in [-0.05, 0) is 30.7 Å². The van der Waals surface area contributed by atoms with Crippen molar-refractivity contribution in [1.29, 1.82) is 0 Å². The minimum Gasteiger partial charge on any atom is -0.455 e. The lowest BCUT2D eigenvalue weighted by atomic mass is 10.2. The first-order valence-electron chi connectivity index (χ1n) is 6.76. The predicted octanol–water partition coefficient (Wildman–Crippen LogP) is 3.68. The molecule has 0 aromatic heterocycles. The Labute approximate surface area is 120 Å². The monoisotopic (exact) mass is 272 g/mol. The summed E-state index contributed by atoms with van der Waals surface area (Å²) in [5.41, 5.74) is 0.781. The second-order valence-electron chi connectivity index (χ2n) is 4.35. The van der Waals surface area contributed by atoms with Crippen molar-refractivity contribution in [3.05, 3.63) is 42.5 Å². The summed E-state index contributed by atoms with van der Waals surface area (Å²) in [6.45, 7) is 5.50. The lowest BCUT2D eigenvalue weighted by Gasteiger charge is -2.18. The zero-order valence-corrected chi connectivity index (χ0v) is 11.8. The van der Waals surface area contributed by atoms with E-state index in [4.69, 9.17) is 15.9 Å². The Morgan fingerprint density at radius 3 is 2.65 bits per heavy atom. The van der Waals surface area contributed by atoms with Gasteiger partial charge in [0.25, 0.3) is 0 Å². The Morgan fingerprint density at radius 1 is 1.40 bits per heavy atom. The van der Waals surface area contributed by atoms with Gasteiger partial charge in [-0.1, -0.05) is 32.3 Å². The summed E-state index contributed by atoms with van der Waals surface area (Å²) in [6, 6.07) is 7.11. The van der Waals surface area contributed by atoms with Crippen LogP contribution >= 0.6 is 0 Å². The van der Waals surface area contributed by atoms with E-state index in [9.17, 15) is 4.79 Å². The van der Waals surface area contributed by atoms with Gasteiger partial charge in [-0.3, -0.25) is 0 Å². The molecule has 0 aliphatic carbocycles. The summed E-state index contributed by atoms with van der Waals surface area (Å²) in [5.74, 6) is 2.68. The molecule has 3 heteroatoms. The number of carbonyl (C=O) groups excluding carboxylic acids is 1. The molecular formula is C17H20O3. The number of terminal acetylenes is 1. The van der Waals surface area contributed by atoms with Crippen LogP contribution in [-0.4, -0.2) is 12.3 Å². The highest BCUT2D eigenvalue weighted by atomic mass is 16.7. The molecule has 0 aliphatic rings. The van der Waals surface area contributed by atoms with Crippen LogP contribution in [0.15, 0.2) is 36.9 Å². The molecule has 1 rings (SSSR count). The summed E-state index contributed by atoms with van der Waals surface area (Å²) in [7, 11) is 0. The van der Waals surface area contributed by atoms with E-state index in [1.807, 2.05) is 0 Å². The molecule has 0 bridgehead atoms. The van der Waals surface area contributed by atoms with Crippen LogP contribution in [-0.2, 0) is 9.53 Å². The Balaban J connectivity index is 2.63. The fraction of sp³-hybridized carbons (Fsp3) is 0.353. The van der Waals surface area contributed by atoms with Crippen molar-refractivity contribution in [1.82, 2.24) is 0 Å². The van der Waals surface area contributed by atoms with E-state index in [1.54, 1.807) is 24.3 Å². The van der Waals surface area contributed by atoms with E-state index in [2.05, 4.69) is 19.4 Å². The summed E-state index contributed by atoms with van der Waals surface area (Å²) < 4.78 is 10.9. The van der Waals surface area contributed by atoms with Crippen LogP contribution < -0.4 is 4.74 Å². The fourth-order valence-corrected chi connectivity index (χ4v) is 1.66. The molecule has 1 aromatic carbocycles. The van der Waals surface area contributed by atoms with Crippen molar-refractivity contribution in [3.63, 3.8) is 0 Å². The first kappa shape index (κ1) is 15.8. The number of hydrogen-bond acceptors (Lipinski definition) is 3. The van der Waals surface area contributed by atoms with Gasteiger partial charge in [0, 0.05) is 18.1 Å². The van der Waals surface area contributed by atoms with Gasteiger partial charge in [0.15, 0.2) is 0 Å². The molecule has 0 fully saturated rings. The van der Waals surface area contributed by atoms with Crippen LogP contribution in [0.1, 0.15) is 38.2 Å². The van der Waals surface area contributed by atoms with Crippen molar-refractivity contribution in [2.75, 3.05) is 0 Å². The van der Waals surface area contributed by atoms with Crippen molar-refractivity contribution in [3.8, 4) is 18.1 Å². The molecule has 0 N–H and O–H groups in total. The SMILES string of the molecule is C#Cc1ccc(OC(CCCCC)OC(=O)C=C)cc1. The smallest absolute Gasteiger partial charge is 0.333 e. The normalized spacial score (nSPS) is 11.2. The maximum Gasteiger partial charge on any atom is 0.333 e. The van der Waals surface area contributed by atoms with Crippen LogP contribution in [0.3, 0.4) is 0 Å². The third-order valence-corrected chi connectivity index (χ3v) is 2.75. The number of carbonyl (C=O) groups is 1. The topological polar surface area (TPSA) is 35.5 Å². The number of benzene rings is 1. The lowest BCUT2D eigenvalue weighted by Crippen LogP contribution is -2.23. The molecule has 0 saturated carbocycles. The average molecular weight is 272 g/mol. The predicted molar refractivity (Wildman–Crippen MR) is 79.2 cm³/mol. The molecule has 0 spiro atoms. The summed E-state index contributed by atoms with van der Waals surface area (Å²) in [5, 5.41) is 0. The van der Waals surface area contributed by atoms with Crippen LogP contribution in [0.4, 0.5) is 0 Å². The molecule has 1 aromatic rings. The van der Waals surface area contributed by atoms with Crippen molar-refractivity contribution in [2.45, 2.75) is 38.9 Å². The third kappa shape index (κ3) is 5.62. The van der Waals surface area contributed by atoms with Gasteiger partial charge in [0.05, 0.1) is 0 Å². The lowest BCUT2D eigenvalue weighted by molar-refractivity contribution is -0.158. The van der Waals surface area contributed by atoms with Crippen LogP contribution in [0.2, 0.25) is 0 Å². The van der Waals surface area contributed by atoms with E-state index in [0.717, 1.165) is 30.9 Å². The highest BCUT2D eigenvalue weighted by Gasteiger charge is 2.14. The molecule has 3 nitrogen and oxygen atoms in total. The van der Waals surface area contributed by atoms with Gasteiger partial charge in [-0.15, -0.1) is 6.42 Å². The molecule has 0 heterocycles. The molecular weight excluding hydrogens is 252 g/mol. The van der Waals surface area contributed by atoms with E-state index in [1.165, 1.54) is 0 Å². The Hall–Kier alpha value is -2.21. The Kier molecular flexibility index (Phi) is 6.99. The van der Waals surface area contributed by atoms with Crippen LogP contribution in [0.25, 0.3) is 0 Å². The number of rotatable bonds is 8. The first-order chi connectivity index (χ1) is 9.69. The molecule has 106 valence electrons. The standard InChI is InChI=1S/C17H20O3/c1-4-7-8-9-17(20-16(18)6-3)19-15-12-10-14(5-2)11-13-15/h2,6,10-13,17H,3-4,7-9H2,1H3. The molecule has 0 radical (unpaired) electrons. The number of ether oxygens (including phenoxy) is 2. The summed E-state index contributed by atoms with van der Waals surface area (Å²) in [6.07, 6.45) is 9.60. The number of esters is 1. The molecule has 0 aliphatic heterocycles. The van der Waals surface area contributed by atoms with Crippen molar-refractivity contribution >= 4 is 5.97 Å². The maximum absolute atomic E-state index is 11.3. The van der Waals surface area contributed by atoms with Gasteiger partial charge < -0.3 is 9.47 Å². The fourth-order valence-electron chi connectivity index (χ4n) is 1.66. The van der Waals surface area contributed by atoms with Crippen molar-refractivity contribution < 1.29 is 14.3 Å². The highest BCUT2D eigenvalue weighted by molar-refractivity contribution is 5.81. The zero-order chi connectivity index (χ0) is 14.8. The maximum atomic E-state index is 11.3. The highest BCUT2D eigenvalue weighted by Crippen LogP contribution is 2.17. The van der Waals surface area contributed by atoms with Gasteiger partial charge in [0.1, 0.15) is 5.75 Å². The van der Waals surface area contributed by atoms with E-state index in [-0.39, 0.29) is 0 Å². The third-order valence-electron chi connectivity index (χ3n) is 2.75. The van der Waals surface area contributed by atoms with E-state index >= 15 is 0 Å². The van der Waals surface area contributed by atoms with E-state index in [0.29, 0.717) is 12.2 Å². The quantitative estimate of drug-likeness (QED) is 0.238. The second kappa shape index (κ2) is 8.82. The molecule has 20 heavy (non-hydrogen) atoms. The zero-order valence-electron chi connectivity index (χ0n) is 11.8.